The summed E-state index contributed by atoms with van der Waals surface area (Å²) in [5.74, 6) is -0.417. The highest BCUT2D eigenvalue weighted by atomic mass is 16.5. The quantitative estimate of drug-likeness (QED) is 0.769. The second kappa shape index (κ2) is 8.78. The van der Waals surface area contributed by atoms with Crippen LogP contribution in [0.1, 0.15) is 30.9 Å². The van der Waals surface area contributed by atoms with E-state index in [2.05, 4.69) is 22.3 Å². The Morgan fingerprint density at radius 1 is 1.18 bits per heavy atom. The summed E-state index contributed by atoms with van der Waals surface area (Å²) >= 11 is 0. The van der Waals surface area contributed by atoms with Crippen LogP contribution in [0.4, 0.5) is 5.69 Å². The Hall–Kier alpha value is -3.02. The molecule has 0 unspecified atom stereocenters. The first kappa shape index (κ1) is 19.7. The number of nitrogens with one attached hydrogen (secondary N) is 1. The highest BCUT2D eigenvalue weighted by molar-refractivity contribution is 5.81. The molecule has 1 saturated heterocycles. The Morgan fingerprint density at radius 2 is 1.93 bits per heavy atom. The van der Waals surface area contributed by atoms with Gasteiger partial charge in [0.05, 0.1) is 13.5 Å². The molecule has 1 fully saturated rings. The number of amides is 1. The third kappa shape index (κ3) is 4.44. The SMILES string of the molecule is COc1ccc(CC(=O)O)c(CNC(C)=O)c1-c1cccc(N2CCCC2)c1. The van der Waals surface area contributed by atoms with E-state index in [4.69, 9.17) is 4.74 Å². The normalized spacial score (nSPS) is 13.4. The van der Waals surface area contributed by atoms with Gasteiger partial charge in [0.2, 0.25) is 5.91 Å². The van der Waals surface area contributed by atoms with E-state index in [9.17, 15) is 14.7 Å². The van der Waals surface area contributed by atoms with E-state index >= 15 is 0 Å². The van der Waals surface area contributed by atoms with Gasteiger partial charge < -0.3 is 20.1 Å². The molecule has 3 rings (SSSR count). The smallest absolute Gasteiger partial charge is 0.307 e. The van der Waals surface area contributed by atoms with Crippen molar-refractivity contribution in [3.63, 3.8) is 0 Å². The lowest BCUT2D eigenvalue weighted by Crippen LogP contribution is -2.21. The molecule has 0 saturated carbocycles. The highest BCUT2D eigenvalue weighted by Gasteiger charge is 2.19. The van der Waals surface area contributed by atoms with Crippen LogP contribution in [0.5, 0.6) is 5.75 Å². The van der Waals surface area contributed by atoms with E-state index < -0.39 is 5.97 Å². The van der Waals surface area contributed by atoms with Crippen molar-refractivity contribution < 1.29 is 19.4 Å². The molecular weight excluding hydrogens is 356 g/mol. The van der Waals surface area contributed by atoms with Gasteiger partial charge in [0.1, 0.15) is 5.75 Å². The van der Waals surface area contributed by atoms with Crippen LogP contribution in [0, 0.1) is 0 Å². The third-order valence-electron chi connectivity index (χ3n) is 5.05. The molecule has 1 aliphatic rings. The number of nitrogens with zero attached hydrogens (tertiary/aromatic N) is 1. The number of carbonyl (C=O) groups excluding carboxylic acids is 1. The molecular formula is C22H26N2O4. The van der Waals surface area contributed by atoms with E-state index in [0.29, 0.717) is 11.3 Å². The fourth-order valence-corrected chi connectivity index (χ4v) is 3.73. The number of carboxylic acid groups (broad SMARTS) is 1. The molecule has 0 bridgehead atoms. The highest BCUT2D eigenvalue weighted by Crippen LogP contribution is 2.37. The maximum Gasteiger partial charge on any atom is 0.307 e. The summed E-state index contributed by atoms with van der Waals surface area (Å²) in [7, 11) is 1.60. The average Bonchev–Trinajstić information content (AvgIpc) is 3.21. The average molecular weight is 382 g/mol. The van der Waals surface area contributed by atoms with Gasteiger partial charge in [-0.2, -0.15) is 0 Å². The summed E-state index contributed by atoms with van der Waals surface area (Å²) in [5, 5.41) is 12.1. The minimum absolute atomic E-state index is 0.113. The van der Waals surface area contributed by atoms with Gasteiger partial charge >= 0.3 is 5.97 Å². The summed E-state index contributed by atoms with van der Waals surface area (Å²) in [6.45, 7) is 3.78. The molecule has 1 amide bonds. The van der Waals surface area contributed by atoms with Crippen molar-refractivity contribution in [1.82, 2.24) is 5.32 Å². The van der Waals surface area contributed by atoms with Crippen LogP contribution in [0.15, 0.2) is 36.4 Å². The molecule has 0 spiro atoms. The van der Waals surface area contributed by atoms with Crippen LogP contribution < -0.4 is 15.0 Å². The maximum atomic E-state index is 11.5. The number of ether oxygens (including phenoxy) is 1. The molecule has 6 heteroatoms. The molecule has 0 aliphatic carbocycles. The lowest BCUT2D eigenvalue weighted by atomic mass is 9.92. The van der Waals surface area contributed by atoms with E-state index in [1.54, 1.807) is 19.2 Å². The van der Waals surface area contributed by atoms with E-state index in [1.807, 2.05) is 12.1 Å². The monoisotopic (exact) mass is 382 g/mol. The van der Waals surface area contributed by atoms with Crippen molar-refractivity contribution in [3.05, 3.63) is 47.5 Å². The van der Waals surface area contributed by atoms with Gasteiger partial charge in [-0.05, 0) is 47.7 Å². The first-order chi connectivity index (χ1) is 13.5. The summed E-state index contributed by atoms with van der Waals surface area (Å²) in [4.78, 5) is 25.2. The van der Waals surface area contributed by atoms with E-state index in [-0.39, 0.29) is 18.9 Å². The van der Waals surface area contributed by atoms with Crippen LogP contribution >= 0.6 is 0 Å². The van der Waals surface area contributed by atoms with Gasteiger partial charge in [0, 0.05) is 37.8 Å². The predicted molar refractivity (Wildman–Crippen MR) is 109 cm³/mol. The van der Waals surface area contributed by atoms with Crippen molar-refractivity contribution in [1.29, 1.82) is 0 Å². The van der Waals surface area contributed by atoms with Crippen LogP contribution in [-0.2, 0) is 22.6 Å². The van der Waals surface area contributed by atoms with Gasteiger partial charge in [0.25, 0.3) is 0 Å². The molecule has 2 N–H and O–H groups in total. The second-order valence-corrected chi connectivity index (χ2v) is 7.01. The lowest BCUT2D eigenvalue weighted by molar-refractivity contribution is -0.136. The molecule has 0 aromatic heterocycles. The fraction of sp³-hybridized carbons (Fsp3) is 0.364. The standard InChI is InChI=1S/C22H26N2O4/c1-15(25)23-14-19-16(13-21(26)27)8-9-20(28-2)22(19)17-6-5-7-18(12-17)24-10-3-4-11-24/h5-9,12H,3-4,10-11,13-14H2,1-2H3,(H,23,25)(H,26,27). The lowest BCUT2D eigenvalue weighted by Gasteiger charge is -2.21. The topological polar surface area (TPSA) is 78.9 Å². The Bertz CT molecular complexity index is 873. The Kier molecular flexibility index (Phi) is 6.19. The zero-order valence-corrected chi connectivity index (χ0v) is 16.3. The maximum absolute atomic E-state index is 11.5. The molecule has 2 aromatic rings. The largest absolute Gasteiger partial charge is 0.496 e. The predicted octanol–water partition coefficient (Wildman–Crippen LogP) is 3.23. The van der Waals surface area contributed by atoms with Crippen LogP contribution in [0.25, 0.3) is 11.1 Å². The number of hydrogen-bond acceptors (Lipinski definition) is 4. The Labute approximate surface area is 165 Å². The van der Waals surface area contributed by atoms with Gasteiger partial charge in [-0.15, -0.1) is 0 Å². The molecule has 28 heavy (non-hydrogen) atoms. The Morgan fingerprint density at radius 3 is 2.57 bits per heavy atom. The number of hydrogen-bond donors (Lipinski definition) is 2. The molecule has 1 heterocycles. The zero-order chi connectivity index (χ0) is 20.1. The first-order valence-corrected chi connectivity index (χ1v) is 9.50. The third-order valence-corrected chi connectivity index (χ3v) is 5.05. The number of aliphatic carboxylic acids is 1. The van der Waals surface area contributed by atoms with E-state index in [0.717, 1.165) is 35.5 Å². The number of anilines is 1. The summed E-state index contributed by atoms with van der Waals surface area (Å²) in [6.07, 6.45) is 2.27. The van der Waals surface area contributed by atoms with Crippen molar-refractivity contribution in [2.45, 2.75) is 32.7 Å². The van der Waals surface area contributed by atoms with Crippen molar-refractivity contribution in [3.8, 4) is 16.9 Å². The second-order valence-electron chi connectivity index (χ2n) is 7.01. The minimum Gasteiger partial charge on any atom is -0.496 e. The van der Waals surface area contributed by atoms with Crippen LogP contribution in [0.2, 0.25) is 0 Å². The van der Waals surface area contributed by atoms with E-state index in [1.165, 1.54) is 19.8 Å². The number of carboxylic acids is 1. The summed E-state index contributed by atoms with van der Waals surface area (Å²) in [5.41, 5.74) is 4.37. The molecule has 0 atom stereocenters. The Balaban J connectivity index is 2.12. The van der Waals surface area contributed by atoms with Gasteiger partial charge in [-0.1, -0.05) is 18.2 Å². The molecule has 1 aliphatic heterocycles. The number of carbonyl (C=O) groups is 2. The summed E-state index contributed by atoms with van der Waals surface area (Å²) < 4.78 is 5.60. The van der Waals surface area contributed by atoms with Crippen LogP contribution in [0.3, 0.4) is 0 Å². The fourth-order valence-electron chi connectivity index (χ4n) is 3.73. The summed E-state index contributed by atoms with van der Waals surface area (Å²) in [6, 6.07) is 11.8. The van der Waals surface area contributed by atoms with Crippen molar-refractivity contribution >= 4 is 17.6 Å². The molecule has 2 aromatic carbocycles. The number of methoxy groups -OCH3 is 1. The van der Waals surface area contributed by atoms with Gasteiger partial charge in [-0.25, -0.2) is 0 Å². The number of rotatable bonds is 7. The van der Waals surface area contributed by atoms with Gasteiger partial charge in [0.15, 0.2) is 0 Å². The minimum atomic E-state index is -0.911. The molecule has 148 valence electrons. The zero-order valence-electron chi connectivity index (χ0n) is 16.3. The number of benzene rings is 2. The van der Waals surface area contributed by atoms with Crippen LogP contribution in [-0.4, -0.2) is 37.2 Å². The van der Waals surface area contributed by atoms with Crippen molar-refractivity contribution in [2.24, 2.45) is 0 Å². The van der Waals surface area contributed by atoms with Gasteiger partial charge in [-0.3, -0.25) is 9.59 Å². The van der Waals surface area contributed by atoms with Crippen molar-refractivity contribution in [2.75, 3.05) is 25.1 Å². The molecule has 6 nitrogen and oxygen atoms in total. The molecule has 0 radical (unpaired) electrons. The first-order valence-electron chi connectivity index (χ1n) is 9.50.